The molecule has 2 heterocycles. The van der Waals surface area contributed by atoms with Crippen LogP contribution in [0.15, 0.2) is 11.6 Å². The normalized spacial score (nSPS) is 15.1. The van der Waals surface area contributed by atoms with Crippen molar-refractivity contribution in [2.24, 2.45) is 0 Å². The van der Waals surface area contributed by atoms with Gasteiger partial charge in [0.1, 0.15) is 0 Å². The number of piperidine rings is 1. The second-order valence-corrected chi connectivity index (χ2v) is 5.69. The molecule has 7 heteroatoms. The third-order valence-electron chi connectivity index (χ3n) is 3.32. The highest BCUT2D eigenvalue weighted by Crippen LogP contribution is 2.18. The first-order valence-electron chi connectivity index (χ1n) is 6.81. The lowest BCUT2D eigenvalue weighted by atomic mass is 10.1. The number of carbonyl (C=O) groups is 2. The molecule has 0 unspecified atom stereocenters. The van der Waals surface area contributed by atoms with Crippen LogP contribution in [-0.2, 0) is 9.59 Å². The Morgan fingerprint density at radius 3 is 2.70 bits per heavy atom. The zero-order valence-electron chi connectivity index (χ0n) is 11.3. The summed E-state index contributed by atoms with van der Waals surface area (Å²) in [7, 11) is 0. The average molecular weight is 297 g/mol. The summed E-state index contributed by atoms with van der Waals surface area (Å²) in [4.78, 5) is 30.8. The van der Waals surface area contributed by atoms with Crippen LogP contribution in [0.25, 0.3) is 0 Å². The molecule has 1 aliphatic rings. The first kappa shape index (κ1) is 14.8. The fourth-order valence-corrected chi connectivity index (χ4v) is 2.92. The van der Waals surface area contributed by atoms with Gasteiger partial charge in [-0.1, -0.05) is 0 Å². The van der Waals surface area contributed by atoms with Crippen molar-refractivity contribution in [3.63, 3.8) is 0 Å². The lowest BCUT2D eigenvalue weighted by Crippen LogP contribution is -2.43. The standard InChI is InChI=1S/C13H19N3O3S/c17-11(15-6-2-1-3-7-15)10-16(8-4-12(18)19)13-14-5-9-20-13/h5,9H,1-4,6-8,10H2,(H,18,19). The maximum atomic E-state index is 12.3. The number of aliphatic carboxylic acids is 1. The summed E-state index contributed by atoms with van der Waals surface area (Å²) in [5, 5.41) is 11.3. The van der Waals surface area contributed by atoms with Gasteiger partial charge in [0.25, 0.3) is 0 Å². The van der Waals surface area contributed by atoms with Crippen molar-refractivity contribution in [3.05, 3.63) is 11.6 Å². The number of carboxylic acids is 1. The Balaban J connectivity index is 1.95. The number of amides is 1. The quantitative estimate of drug-likeness (QED) is 0.860. The molecule has 0 atom stereocenters. The predicted octanol–water partition coefficient (Wildman–Crippen LogP) is 1.44. The van der Waals surface area contributed by atoms with Gasteiger partial charge >= 0.3 is 5.97 Å². The largest absolute Gasteiger partial charge is 0.481 e. The third kappa shape index (κ3) is 4.19. The van der Waals surface area contributed by atoms with Crippen LogP contribution in [-0.4, -0.2) is 53.0 Å². The molecule has 1 fully saturated rings. The zero-order chi connectivity index (χ0) is 14.4. The van der Waals surface area contributed by atoms with E-state index in [1.807, 2.05) is 10.3 Å². The minimum absolute atomic E-state index is 0.00681. The summed E-state index contributed by atoms with van der Waals surface area (Å²) < 4.78 is 0. The number of rotatable bonds is 6. The molecule has 110 valence electrons. The maximum absolute atomic E-state index is 12.3. The van der Waals surface area contributed by atoms with Gasteiger partial charge in [-0.3, -0.25) is 9.59 Å². The van der Waals surface area contributed by atoms with E-state index in [0.717, 1.165) is 25.9 Å². The summed E-state index contributed by atoms with van der Waals surface area (Å²) in [6, 6.07) is 0. The number of thiazole rings is 1. The summed E-state index contributed by atoms with van der Waals surface area (Å²) in [5.41, 5.74) is 0. The van der Waals surface area contributed by atoms with Gasteiger partial charge in [0.05, 0.1) is 13.0 Å². The second kappa shape index (κ2) is 7.23. The highest BCUT2D eigenvalue weighted by molar-refractivity contribution is 7.13. The van der Waals surface area contributed by atoms with Crippen LogP contribution in [0.1, 0.15) is 25.7 Å². The Labute approximate surface area is 122 Å². The third-order valence-corrected chi connectivity index (χ3v) is 4.15. The number of nitrogens with zero attached hydrogens (tertiary/aromatic N) is 3. The zero-order valence-corrected chi connectivity index (χ0v) is 12.1. The van der Waals surface area contributed by atoms with Gasteiger partial charge in [-0.15, -0.1) is 11.3 Å². The van der Waals surface area contributed by atoms with Crippen molar-refractivity contribution < 1.29 is 14.7 Å². The first-order valence-corrected chi connectivity index (χ1v) is 7.69. The second-order valence-electron chi connectivity index (χ2n) is 4.82. The summed E-state index contributed by atoms with van der Waals surface area (Å²) in [6.45, 7) is 2.14. The van der Waals surface area contributed by atoms with Gasteiger partial charge in [0, 0.05) is 31.2 Å². The van der Waals surface area contributed by atoms with Crippen molar-refractivity contribution in [1.29, 1.82) is 0 Å². The molecule has 1 N–H and O–H groups in total. The molecule has 1 amide bonds. The van der Waals surface area contributed by atoms with Crippen molar-refractivity contribution >= 4 is 28.3 Å². The molecule has 1 aliphatic heterocycles. The van der Waals surface area contributed by atoms with Crippen LogP contribution in [0.2, 0.25) is 0 Å². The lowest BCUT2D eigenvalue weighted by molar-refractivity contribution is -0.137. The lowest BCUT2D eigenvalue weighted by Gasteiger charge is -2.29. The van der Waals surface area contributed by atoms with E-state index in [0.29, 0.717) is 11.7 Å². The Kier molecular flexibility index (Phi) is 5.34. The molecule has 6 nitrogen and oxygen atoms in total. The summed E-state index contributed by atoms with van der Waals surface area (Å²) in [6.07, 6.45) is 4.96. The molecular formula is C13H19N3O3S. The molecular weight excluding hydrogens is 278 g/mol. The van der Waals surface area contributed by atoms with Crippen molar-refractivity contribution in [2.45, 2.75) is 25.7 Å². The summed E-state index contributed by atoms with van der Waals surface area (Å²) >= 11 is 1.42. The van der Waals surface area contributed by atoms with Gasteiger partial charge in [0.2, 0.25) is 5.91 Å². The average Bonchev–Trinajstić information content (AvgIpc) is 2.98. The van der Waals surface area contributed by atoms with Crippen LogP contribution >= 0.6 is 11.3 Å². The monoisotopic (exact) mass is 297 g/mol. The Morgan fingerprint density at radius 1 is 1.35 bits per heavy atom. The summed E-state index contributed by atoms with van der Waals surface area (Å²) in [5.74, 6) is -0.803. The maximum Gasteiger partial charge on any atom is 0.305 e. The molecule has 0 radical (unpaired) electrons. The van der Waals surface area contributed by atoms with E-state index in [1.54, 1.807) is 11.1 Å². The molecule has 0 aliphatic carbocycles. The van der Waals surface area contributed by atoms with Gasteiger partial charge in [-0.25, -0.2) is 4.98 Å². The fourth-order valence-electron chi connectivity index (χ4n) is 2.25. The van der Waals surface area contributed by atoms with Crippen LogP contribution in [0.5, 0.6) is 0 Å². The topological polar surface area (TPSA) is 73.7 Å². The van der Waals surface area contributed by atoms with Crippen molar-refractivity contribution in [1.82, 2.24) is 9.88 Å². The molecule has 1 aromatic rings. The van der Waals surface area contributed by atoms with Crippen LogP contribution in [0, 0.1) is 0 Å². The van der Waals surface area contributed by atoms with E-state index < -0.39 is 5.97 Å². The Morgan fingerprint density at radius 2 is 2.10 bits per heavy atom. The van der Waals surface area contributed by atoms with Crippen LogP contribution in [0.3, 0.4) is 0 Å². The van der Waals surface area contributed by atoms with Gasteiger partial charge < -0.3 is 14.9 Å². The minimum Gasteiger partial charge on any atom is -0.481 e. The van der Waals surface area contributed by atoms with Gasteiger partial charge in [0.15, 0.2) is 5.13 Å². The van der Waals surface area contributed by atoms with E-state index in [4.69, 9.17) is 5.11 Å². The van der Waals surface area contributed by atoms with E-state index in [-0.39, 0.29) is 18.9 Å². The van der Waals surface area contributed by atoms with E-state index in [2.05, 4.69) is 4.98 Å². The van der Waals surface area contributed by atoms with Crippen molar-refractivity contribution in [2.75, 3.05) is 31.1 Å². The minimum atomic E-state index is -0.864. The van der Waals surface area contributed by atoms with Crippen LogP contribution in [0.4, 0.5) is 5.13 Å². The molecule has 1 aromatic heterocycles. The van der Waals surface area contributed by atoms with Gasteiger partial charge in [-0.05, 0) is 19.3 Å². The number of likely N-dealkylation sites (tertiary alicyclic amines) is 1. The number of anilines is 1. The Hall–Kier alpha value is -1.63. The molecule has 0 bridgehead atoms. The molecule has 0 aromatic carbocycles. The van der Waals surface area contributed by atoms with E-state index >= 15 is 0 Å². The molecule has 0 saturated carbocycles. The van der Waals surface area contributed by atoms with E-state index in [1.165, 1.54) is 17.8 Å². The van der Waals surface area contributed by atoms with E-state index in [9.17, 15) is 9.59 Å². The molecule has 2 rings (SSSR count). The fraction of sp³-hybridized carbons (Fsp3) is 0.615. The highest BCUT2D eigenvalue weighted by Gasteiger charge is 2.21. The number of hydrogen-bond donors (Lipinski definition) is 1. The predicted molar refractivity (Wildman–Crippen MR) is 77.0 cm³/mol. The molecule has 1 saturated heterocycles. The smallest absolute Gasteiger partial charge is 0.305 e. The number of carbonyl (C=O) groups excluding carboxylic acids is 1. The SMILES string of the molecule is O=C(O)CCN(CC(=O)N1CCCCC1)c1nccs1. The first-order chi connectivity index (χ1) is 9.66. The van der Waals surface area contributed by atoms with Crippen molar-refractivity contribution in [3.8, 4) is 0 Å². The molecule has 0 spiro atoms. The highest BCUT2D eigenvalue weighted by atomic mass is 32.1. The number of hydrogen-bond acceptors (Lipinski definition) is 5. The van der Waals surface area contributed by atoms with Gasteiger partial charge in [-0.2, -0.15) is 0 Å². The van der Waals surface area contributed by atoms with Crippen LogP contribution < -0.4 is 4.90 Å². The number of carboxylic acid groups (broad SMARTS) is 1. The Bertz CT molecular complexity index is 444. The molecule has 20 heavy (non-hydrogen) atoms. The number of aromatic nitrogens is 1.